The van der Waals surface area contributed by atoms with Crippen LogP contribution < -0.4 is 10.1 Å². The Morgan fingerprint density at radius 2 is 1.55 bits per heavy atom. The van der Waals surface area contributed by atoms with E-state index in [0.29, 0.717) is 12.3 Å². The molecule has 0 aromatic heterocycles. The zero-order chi connectivity index (χ0) is 28.1. The fourth-order valence-electron chi connectivity index (χ4n) is 6.56. The first-order valence-corrected chi connectivity index (χ1v) is 15.2. The van der Waals surface area contributed by atoms with Gasteiger partial charge >= 0.3 is 0 Å². The van der Waals surface area contributed by atoms with Gasteiger partial charge in [0.1, 0.15) is 11.5 Å². The molecule has 0 bridgehead atoms. The van der Waals surface area contributed by atoms with Gasteiger partial charge in [0.15, 0.2) is 0 Å². The molecule has 3 aromatic carbocycles. The molecule has 0 spiro atoms. The lowest BCUT2D eigenvalue weighted by Crippen LogP contribution is -2.22. The standard InChI is InChI=1S/C36H45NO3/c1-36(2,3)31-21-19-26(18-20-27(38)22-25-12-6-4-5-7-13-25)23-32(31)37-35(39)24-30-28-14-8-10-16-33(28)40-34-17-11-9-15-29(30)34/h8-11,14-17,19,21,23,25,27,30,38H,4-7,12-13,18,20,22,24H2,1-3H3,(H,37,39). The lowest BCUT2D eigenvalue weighted by Gasteiger charge is -2.28. The Hall–Kier alpha value is -3.11. The molecule has 1 atom stereocenters. The van der Waals surface area contributed by atoms with Gasteiger partial charge in [-0.15, -0.1) is 0 Å². The number of carbonyl (C=O) groups excluding carboxylic acids is 1. The fourth-order valence-corrected chi connectivity index (χ4v) is 6.56. The van der Waals surface area contributed by atoms with Crippen molar-refractivity contribution in [3.05, 3.63) is 89.0 Å². The Balaban J connectivity index is 1.30. The lowest BCUT2D eigenvalue weighted by molar-refractivity contribution is -0.116. The number of aliphatic hydroxyl groups excluding tert-OH is 1. The van der Waals surface area contributed by atoms with Gasteiger partial charge in [0.25, 0.3) is 0 Å². The fraction of sp³-hybridized carbons (Fsp3) is 0.472. The Morgan fingerprint density at radius 3 is 2.17 bits per heavy atom. The maximum Gasteiger partial charge on any atom is 0.225 e. The summed E-state index contributed by atoms with van der Waals surface area (Å²) < 4.78 is 6.14. The second-order valence-electron chi connectivity index (χ2n) is 12.9. The summed E-state index contributed by atoms with van der Waals surface area (Å²) >= 11 is 0. The van der Waals surface area contributed by atoms with Crippen LogP contribution in [0.5, 0.6) is 11.5 Å². The molecule has 0 saturated heterocycles. The highest BCUT2D eigenvalue weighted by Crippen LogP contribution is 2.45. The predicted octanol–water partition coefficient (Wildman–Crippen LogP) is 8.90. The minimum absolute atomic E-state index is 0.00689. The van der Waals surface area contributed by atoms with Gasteiger partial charge in [-0.05, 0) is 59.9 Å². The molecule has 2 N–H and O–H groups in total. The minimum Gasteiger partial charge on any atom is -0.457 e. The lowest BCUT2D eigenvalue weighted by atomic mass is 9.84. The quantitative estimate of drug-likeness (QED) is 0.281. The van der Waals surface area contributed by atoms with Crippen LogP contribution in [-0.4, -0.2) is 17.1 Å². The maximum atomic E-state index is 13.6. The smallest absolute Gasteiger partial charge is 0.225 e. The van der Waals surface area contributed by atoms with E-state index in [2.05, 4.69) is 56.4 Å². The van der Waals surface area contributed by atoms with Gasteiger partial charge < -0.3 is 15.2 Å². The first-order valence-electron chi connectivity index (χ1n) is 15.2. The van der Waals surface area contributed by atoms with E-state index in [-0.39, 0.29) is 23.3 Å². The Labute approximate surface area is 240 Å². The Morgan fingerprint density at radius 1 is 0.925 bits per heavy atom. The molecule has 3 aromatic rings. The third kappa shape index (κ3) is 6.96. The maximum absolute atomic E-state index is 13.6. The number of hydrogen-bond acceptors (Lipinski definition) is 3. The van der Waals surface area contributed by atoms with E-state index in [1.165, 1.54) is 38.5 Å². The number of para-hydroxylation sites is 2. The number of benzene rings is 3. The van der Waals surface area contributed by atoms with Crippen LogP contribution in [0.2, 0.25) is 0 Å². The molecule has 0 radical (unpaired) electrons. The molecule has 1 fully saturated rings. The molecular weight excluding hydrogens is 494 g/mol. The summed E-state index contributed by atoms with van der Waals surface area (Å²) in [5, 5.41) is 14.1. The number of fused-ring (bicyclic) bond motifs is 2. The number of hydrogen-bond donors (Lipinski definition) is 2. The topological polar surface area (TPSA) is 58.6 Å². The normalized spacial score (nSPS) is 16.8. The summed E-state index contributed by atoms with van der Waals surface area (Å²) in [6.45, 7) is 6.54. The van der Waals surface area contributed by atoms with Crippen molar-refractivity contribution < 1.29 is 14.6 Å². The van der Waals surface area contributed by atoms with Gasteiger partial charge in [0.2, 0.25) is 5.91 Å². The largest absolute Gasteiger partial charge is 0.457 e. The van der Waals surface area contributed by atoms with Crippen LogP contribution in [0.3, 0.4) is 0 Å². The van der Waals surface area contributed by atoms with Crippen molar-refractivity contribution in [2.75, 3.05) is 5.32 Å². The molecular formula is C36H45NO3. The van der Waals surface area contributed by atoms with Gasteiger partial charge in [-0.3, -0.25) is 4.79 Å². The summed E-state index contributed by atoms with van der Waals surface area (Å²) in [4.78, 5) is 13.6. The SMILES string of the molecule is CC(C)(C)c1ccc(CCC(O)CC2CCCCCC2)cc1NC(=O)CC1c2ccccc2Oc2ccccc21. The number of ether oxygens (including phenoxy) is 1. The van der Waals surface area contributed by atoms with Crippen molar-refractivity contribution in [3.63, 3.8) is 0 Å². The highest BCUT2D eigenvalue weighted by molar-refractivity contribution is 5.93. The van der Waals surface area contributed by atoms with Gasteiger partial charge in [0.05, 0.1) is 6.10 Å². The molecule has 1 amide bonds. The molecule has 1 aliphatic carbocycles. The molecule has 2 aliphatic rings. The molecule has 4 nitrogen and oxygen atoms in total. The minimum atomic E-state index is -0.267. The second kappa shape index (κ2) is 12.6. The van der Waals surface area contributed by atoms with Crippen molar-refractivity contribution in [2.45, 2.75) is 102 Å². The number of aliphatic hydroxyl groups is 1. The van der Waals surface area contributed by atoms with Crippen LogP contribution in [-0.2, 0) is 16.6 Å². The average Bonchev–Trinajstić information content (AvgIpc) is 3.20. The van der Waals surface area contributed by atoms with Crippen molar-refractivity contribution in [3.8, 4) is 11.5 Å². The van der Waals surface area contributed by atoms with Gasteiger partial charge in [-0.25, -0.2) is 0 Å². The first kappa shape index (κ1) is 28.4. The first-order chi connectivity index (χ1) is 19.3. The van der Waals surface area contributed by atoms with Crippen molar-refractivity contribution in [1.82, 2.24) is 0 Å². The van der Waals surface area contributed by atoms with Crippen LogP contribution in [0.15, 0.2) is 66.7 Å². The van der Waals surface area contributed by atoms with Gasteiger partial charge in [-0.1, -0.05) is 108 Å². The zero-order valence-corrected chi connectivity index (χ0v) is 24.4. The van der Waals surface area contributed by atoms with E-state index in [1.807, 2.05) is 36.4 Å². The second-order valence-corrected chi connectivity index (χ2v) is 12.9. The summed E-state index contributed by atoms with van der Waals surface area (Å²) in [6, 6.07) is 22.5. The molecule has 212 valence electrons. The number of rotatable bonds is 8. The Kier molecular flexibility index (Phi) is 8.95. The van der Waals surface area contributed by atoms with E-state index in [1.54, 1.807) is 0 Å². The van der Waals surface area contributed by atoms with Crippen LogP contribution in [0.4, 0.5) is 5.69 Å². The summed E-state index contributed by atoms with van der Waals surface area (Å²) in [7, 11) is 0. The number of nitrogens with one attached hydrogen (secondary N) is 1. The number of carbonyl (C=O) groups is 1. The molecule has 5 rings (SSSR count). The van der Waals surface area contributed by atoms with E-state index >= 15 is 0 Å². The monoisotopic (exact) mass is 539 g/mol. The summed E-state index contributed by atoms with van der Waals surface area (Å²) in [5.41, 5.74) is 5.13. The van der Waals surface area contributed by atoms with E-state index in [4.69, 9.17) is 4.74 Å². The van der Waals surface area contributed by atoms with Gasteiger partial charge in [0, 0.05) is 29.2 Å². The third-order valence-electron chi connectivity index (χ3n) is 8.71. The van der Waals surface area contributed by atoms with E-state index in [0.717, 1.165) is 58.7 Å². The van der Waals surface area contributed by atoms with E-state index < -0.39 is 0 Å². The number of anilines is 1. The highest BCUT2D eigenvalue weighted by atomic mass is 16.5. The number of amides is 1. The zero-order valence-electron chi connectivity index (χ0n) is 24.4. The van der Waals surface area contributed by atoms with Crippen LogP contribution >= 0.6 is 0 Å². The molecule has 4 heteroatoms. The Bertz CT molecular complexity index is 1250. The molecule has 1 heterocycles. The predicted molar refractivity (Wildman–Crippen MR) is 163 cm³/mol. The van der Waals surface area contributed by atoms with Crippen molar-refractivity contribution in [2.24, 2.45) is 5.92 Å². The van der Waals surface area contributed by atoms with Crippen molar-refractivity contribution in [1.29, 1.82) is 0 Å². The molecule has 1 unspecified atom stereocenters. The highest BCUT2D eigenvalue weighted by Gasteiger charge is 2.29. The average molecular weight is 540 g/mol. The summed E-state index contributed by atoms with van der Waals surface area (Å²) in [5.74, 6) is 2.22. The van der Waals surface area contributed by atoms with Crippen LogP contribution in [0.1, 0.15) is 107 Å². The van der Waals surface area contributed by atoms with Crippen LogP contribution in [0.25, 0.3) is 0 Å². The molecule has 1 saturated carbocycles. The molecule has 40 heavy (non-hydrogen) atoms. The summed E-state index contributed by atoms with van der Waals surface area (Å²) in [6.07, 6.45) is 10.4. The van der Waals surface area contributed by atoms with Gasteiger partial charge in [-0.2, -0.15) is 0 Å². The molecule has 1 aliphatic heterocycles. The van der Waals surface area contributed by atoms with E-state index in [9.17, 15) is 9.90 Å². The number of aryl methyl sites for hydroxylation is 1. The third-order valence-corrected chi connectivity index (χ3v) is 8.71. The van der Waals surface area contributed by atoms with Crippen LogP contribution in [0, 0.1) is 5.92 Å². The van der Waals surface area contributed by atoms with Crippen molar-refractivity contribution >= 4 is 11.6 Å².